The number of carbonyl (C=O) groups excluding carboxylic acids is 1. The highest BCUT2D eigenvalue weighted by Crippen LogP contribution is 2.50. The summed E-state index contributed by atoms with van der Waals surface area (Å²) in [7, 11) is 0. The summed E-state index contributed by atoms with van der Waals surface area (Å²) in [6.07, 6.45) is 3.10. The van der Waals surface area contributed by atoms with Gasteiger partial charge < -0.3 is 10.2 Å². The van der Waals surface area contributed by atoms with Crippen molar-refractivity contribution in [2.75, 3.05) is 0 Å². The van der Waals surface area contributed by atoms with Crippen LogP contribution in [0.1, 0.15) is 18.4 Å². The molecule has 0 amide bonds. The third-order valence-corrected chi connectivity index (χ3v) is 2.50. The van der Waals surface area contributed by atoms with Gasteiger partial charge in [-0.05, 0) is 30.5 Å². The lowest BCUT2D eigenvalue weighted by molar-refractivity contribution is 0.402. The highest BCUT2D eigenvalue weighted by molar-refractivity contribution is 5.47. The molecule has 4 heteroatoms. The molecule has 0 aromatic heterocycles. The van der Waals surface area contributed by atoms with E-state index in [0.717, 1.165) is 18.4 Å². The minimum absolute atomic E-state index is 0.167. The first-order valence-corrected chi connectivity index (χ1v) is 4.29. The summed E-state index contributed by atoms with van der Waals surface area (Å²) in [4.78, 5) is 13.9. The Morgan fingerprint density at radius 1 is 1.29 bits per heavy atom. The molecule has 1 saturated carbocycles. The van der Waals surface area contributed by atoms with Gasteiger partial charge in [0.2, 0.25) is 6.08 Å². The molecule has 0 spiro atoms. The first-order valence-electron chi connectivity index (χ1n) is 4.29. The van der Waals surface area contributed by atoms with Crippen molar-refractivity contribution in [3.8, 4) is 11.5 Å². The zero-order valence-corrected chi connectivity index (χ0v) is 7.40. The van der Waals surface area contributed by atoms with E-state index in [0.29, 0.717) is 0 Å². The van der Waals surface area contributed by atoms with E-state index in [-0.39, 0.29) is 11.5 Å². The minimum atomic E-state index is -0.493. The molecule has 72 valence electrons. The van der Waals surface area contributed by atoms with Gasteiger partial charge in [-0.1, -0.05) is 6.07 Å². The number of benzene rings is 1. The summed E-state index contributed by atoms with van der Waals surface area (Å²) in [6, 6.07) is 4.48. The van der Waals surface area contributed by atoms with Crippen molar-refractivity contribution in [1.29, 1.82) is 0 Å². The van der Waals surface area contributed by atoms with Crippen molar-refractivity contribution < 1.29 is 15.0 Å². The average molecular weight is 191 g/mol. The number of hydrogen-bond acceptors (Lipinski definition) is 4. The van der Waals surface area contributed by atoms with Crippen LogP contribution >= 0.6 is 0 Å². The average Bonchev–Trinajstić information content (AvgIpc) is 2.91. The molecule has 0 heterocycles. The fourth-order valence-electron chi connectivity index (χ4n) is 1.48. The van der Waals surface area contributed by atoms with E-state index in [2.05, 4.69) is 4.99 Å². The van der Waals surface area contributed by atoms with Gasteiger partial charge in [0.15, 0.2) is 11.5 Å². The van der Waals surface area contributed by atoms with Crippen molar-refractivity contribution in [2.45, 2.75) is 18.4 Å². The lowest BCUT2D eigenvalue weighted by Crippen LogP contribution is -2.01. The molecule has 1 fully saturated rings. The maximum Gasteiger partial charge on any atom is 0.235 e. The summed E-state index contributed by atoms with van der Waals surface area (Å²) in [5.74, 6) is -0.352. The van der Waals surface area contributed by atoms with Crippen LogP contribution in [0.5, 0.6) is 11.5 Å². The molecule has 2 rings (SSSR count). The number of aromatic hydroxyl groups is 2. The second-order valence-corrected chi connectivity index (χ2v) is 3.44. The summed E-state index contributed by atoms with van der Waals surface area (Å²) in [5.41, 5.74) is 0.253. The van der Waals surface area contributed by atoms with Crippen LogP contribution in [0.4, 0.5) is 0 Å². The molecule has 1 aromatic carbocycles. The van der Waals surface area contributed by atoms with E-state index in [1.807, 2.05) is 0 Å². The minimum Gasteiger partial charge on any atom is -0.504 e. The monoisotopic (exact) mass is 191 g/mol. The van der Waals surface area contributed by atoms with Crippen LogP contribution in [-0.2, 0) is 10.3 Å². The van der Waals surface area contributed by atoms with Gasteiger partial charge in [0.25, 0.3) is 0 Å². The molecular formula is C10H9NO3. The second kappa shape index (κ2) is 2.86. The predicted molar refractivity (Wildman–Crippen MR) is 48.8 cm³/mol. The van der Waals surface area contributed by atoms with E-state index < -0.39 is 5.54 Å². The Hall–Kier alpha value is -1.80. The summed E-state index contributed by atoms with van der Waals surface area (Å²) in [5, 5.41) is 18.4. The molecule has 0 aliphatic heterocycles. The standard InChI is InChI=1S/C10H9NO3/c12-6-11-10(3-4-10)7-1-2-8(13)9(14)5-7/h1-2,5,13-14H,3-4H2. The van der Waals surface area contributed by atoms with Gasteiger partial charge in [-0.25, -0.2) is 4.79 Å². The highest BCUT2D eigenvalue weighted by Gasteiger charge is 2.45. The number of aliphatic imine (C=N–C) groups is 1. The zero-order chi connectivity index (χ0) is 10.2. The second-order valence-electron chi connectivity index (χ2n) is 3.44. The maximum absolute atomic E-state index is 10.2. The molecule has 0 atom stereocenters. The Morgan fingerprint density at radius 3 is 2.50 bits per heavy atom. The van der Waals surface area contributed by atoms with Gasteiger partial charge in [-0.3, -0.25) is 0 Å². The van der Waals surface area contributed by atoms with Gasteiger partial charge in [0.1, 0.15) is 0 Å². The molecule has 4 nitrogen and oxygen atoms in total. The molecular weight excluding hydrogens is 182 g/mol. The number of hydrogen-bond donors (Lipinski definition) is 2. The molecule has 14 heavy (non-hydrogen) atoms. The topological polar surface area (TPSA) is 69.9 Å². The van der Waals surface area contributed by atoms with Crippen LogP contribution in [0.2, 0.25) is 0 Å². The van der Waals surface area contributed by atoms with Crippen LogP contribution in [-0.4, -0.2) is 16.3 Å². The fourth-order valence-corrected chi connectivity index (χ4v) is 1.48. The first kappa shape index (κ1) is 8.78. The van der Waals surface area contributed by atoms with Crippen LogP contribution in [0.25, 0.3) is 0 Å². The van der Waals surface area contributed by atoms with Crippen LogP contribution in [0.3, 0.4) is 0 Å². The molecule has 1 aliphatic carbocycles. The van der Waals surface area contributed by atoms with E-state index in [9.17, 15) is 9.90 Å². The lowest BCUT2D eigenvalue weighted by atomic mass is 10.1. The van der Waals surface area contributed by atoms with Crippen molar-refractivity contribution in [2.24, 2.45) is 4.99 Å². The Morgan fingerprint density at radius 2 is 2.00 bits per heavy atom. The van der Waals surface area contributed by atoms with E-state index in [4.69, 9.17) is 5.11 Å². The van der Waals surface area contributed by atoms with Crippen molar-refractivity contribution in [3.05, 3.63) is 23.8 Å². The summed E-state index contributed by atoms with van der Waals surface area (Å²) < 4.78 is 0. The summed E-state index contributed by atoms with van der Waals surface area (Å²) >= 11 is 0. The molecule has 0 bridgehead atoms. The van der Waals surface area contributed by atoms with Crippen LogP contribution < -0.4 is 0 Å². The van der Waals surface area contributed by atoms with Crippen LogP contribution in [0, 0.1) is 0 Å². The van der Waals surface area contributed by atoms with Crippen LogP contribution in [0.15, 0.2) is 23.2 Å². The highest BCUT2D eigenvalue weighted by atomic mass is 16.3. The fraction of sp³-hybridized carbons (Fsp3) is 0.300. The van der Waals surface area contributed by atoms with Gasteiger partial charge in [-0.15, -0.1) is 0 Å². The van der Waals surface area contributed by atoms with Gasteiger partial charge in [0, 0.05) is 0 Å². The SMILES string of the molecule is O=C=NC1(c2ccc(O)c(O)c2)CC1. The Kier molecular flexibility index (Phi) is 1.79. The van der Waals surface area contributed by atoms with Crippen molar-refractivity contribution >= 4 is 6.08 Å². The number of rotatable bonds is 2. The normalized spacial score (nSPS) is 17.1. The summed E-state index contributed by atoms with van der Waals surface area (Å²) in [6.45, 7) is 0. The third-order valence-electron chi connectivity index (χ3n) is 2.50. The lowest BCUT2D eigenvalue weighted by Gasteiger charge is -2.08. The number of phenols is 2. The quantitative estimate of drug-likeness (QED) is 0.422. The largest absolute Gasteiger partial charge is 0.504 e. The number of phenolic OH excluding ortho intramolecular Hbond substituents is 2. The molecule has 0 saturated heterocycles. The number of nitrogens with zero attached hydrogens (tertiary/aromatic N) is 1. The third kappa shape index (κ3) is 1.26. The predicted octanol–water partition coefficient (Wildman–Crippen LogP) is 1.42. The molecule has 1 aromatic rings. The van der Waals surface area contributed by atoms with Gasteiger partial charge >= 0.3 is 0 Å². The Bertz CT molecular complexity index is 417. The first-order chi connectivity index (χ1) is 6.68. The molecule has 0 radical (unpaired) electrons. The van der Waals surface area contributed by atoms with Crippen molar-refractivity contribution in [1.82, 2.24) is 0 Å². The molecule has 0 unspecified atom stereocenters. The van der Waals surface area contributed by atoms with E-state index in [1.54, 1.807) is 6.07 Å². The zero-order valence-electron chi connectivity index (χ0n) is 7.40. The van der Waals surface area contributed by atoms with E-state index >= 15 is 0 Å². The van der Waals surface area contributed by atoms with E-state index in [1.165, 1.54) is 18.2 Å². The Labute approximate surface area is 80.5 Å². The number of isocyanates is 1. The smallest absolute Gasteiger partial charge is 0.235 e. The maximum atomic E-state index is 10.2. The van der Waals surface area contributed by atoms with Gasteiger partial charge in [0.05, 0.1) is 5.54 Å². The molecule has 1 aliphatic rings. The molecule has 2 N–H and O–H groups in total. The van der Waals surface area contributed by atoms with Gasteiger partial charge in [-0.2, -0.15) is 4.99 Å². The Balaban J connectivity index is 2.42. The van der Waals surface area contributed by atoms with Crippen molar-refractivity contribution in [3.63, 3.8) is 0 Å².